The summed E-state index contributed by atoms with van der Waals surface area (Å²) in [4.78, 5) is 21.4. The van der Waals surface area contributed by atoms with E-state index in [1.165, 1.54) is 12.1 Å². The van der Waals surface area contributed by atoms with Gasteiger partial charge in [0.15, 0.2) is 0 Å². The number of aryl methyl sites for hydroxylation is 2. The summed E-state index contributed by atoms with van der Waals surface area (Å²) in [5.74, 6) is -1.43. The van der Waals surface area contributed by atoms with E-state index in [-0.39, 0.29) is 11.3 Å². The molecule has 2 aromatic carbocycles. The largest absolute Gasteiger partial charge is 0.438 e. The van der Waals surface area contributed by atoms with Gasteiger partial charge in [-0.2, -0.15) is 13.2 Å². The molecule has 1 N–H and O–H groups in total. The van der Waals surface area contributed by atoms with Crippen molar-refractivity contribution in [3.05, 3.63) is 101 Å². The van der Waals surface area contributed by atoms with Crippen molar-refractivity contribution in [1.82, 2.24) is 9.97 Å². The van der Waals surface area contributed by atoms with Crippen molar-refractivity contribution in [1.29, 1.82) is 0 Å². The first-order valence-electron chi connectivity index (χ1n) is 11.0. The molecule has 0 bridgehead atoms. The number of carbonyl (C=O) groups is 1. The molecule has 0 radical (unpaired) electrons. The van der Waals surface area contributed by atoms with Crippen LogP contribution in [0.15, 0.2) is 73.1 Å². The monoisotopic (exact) mass is 495 g/mol. The SMILES string of the molecule is CCc1cc(-c2cccnc2Oc2cc(C(=O)Nc3ccc(F)c(C(F)(F)F)c3)ccc2C)ccn1. The molecule has 0 saturated heterocycles. The quantitative estimate of drug-likeness (QED) is 0.287. The summed E-state index contributed by atoms with van der Waals surface area (Å²) in [7, 11) is 0. The lowest BCUT2D eigenvalue weighted by Crippen LogP contribution is -2.14. The van der Waals surface area contributed by atoms with Crippen LogP contribution in [0.2, 0.25) is 0 Å². The number of hydrogen-bond acceptors (Lipinski definition) is 4. The van der Waals surface area contributed by atoms with E-state index >= 15 is 0 Å². The van der Waals surface area contributed by atoms with Crippen molar-refractivity contribution in [2.45, 2.75) is 26.4 Å². The minimum atomic E-state index is -4.89. The Kier molecular flexibility index (Phi) is 7.00. The van der Waals surface area contributed by atoms with E-state index in [0.29, 0.717) is 29.3 Å². The molecule has 5 nitrogen and oxygen atoms in total. The van der Waals surface area contributed by atoms with E-state index in [2.05, 4.69) is 15.3 Å². The predicted molar refractivity (Wildman–Crippen MR) is 127 cm³/mol. The third-order valence-corrected chi connectivity index (χ3v) is 5.45. The number of hydrogen-bond donors (Lipinski definition) is 1. The standard InChI is InChI=1S/C27H21F4N3O2/c1-3-19-13-17(10-12-32-19)21-5-4-11-33-26(21)36-24-14-18(7-6-16(24)2)25(35)34-20-8-9-23(28)22(15-20)27(29,30)31/h4-15H,3H2,1-2H3,(H,34,35). The molecule has 9 heteroatoms. The average molecular weight is 495 g/mol. The number of amides is 1. The van der Waals surface area contributed by atoms with Gasteiger partial charge in [0.2, 0.25) is 5.88 Å². The summed E-state index contributed by atoms with van der Waals surface area (Å²) in [6.45, 7) is 3.79. The number of ether oxygens (including phenoxy) is 1. The van der Waals surface area contributed by atoms with Gasteiger partial charge in [0.25, 0.3) is 5.91 Å². The van der Waals surface area contributed by atoms with E-state index < -0.39 is 23.5 Å². The van der Waals surface area contributed by atoms with E-state index in [0.717, 1.165) is 29.3 Å². The Balaban J connectivity index is 1.61. The summed E-state index contributed by atoms with van der Waals surface area (Å²) >= 11 is 0. The van der Waals surface area contributed by atoms with Gasteiger partial charge in [-0.05, 0) is 79.1 Å². The fourth-order valence-corrected chi connectivity index (χ4v) is 3.51. The highest BCUT2D eigenvalue weighted by molar-refractivity contribution is 6.04. The number of benzene rings is 2. The number of aromatic nitrogens is 2. The fraction of sp³-hybridized carbons (Fsp3) is 0.148. The van der Waals surface area contributed by atoms with Gasteiger partial charge in [-0.1, -0.05) is 13.0 Å². The summed E-state index contributed by atoms with van der Waals surface area (Å²) in [6.07, 6.45) is -0.831. The normalized spacial score (nSPS) is 11.3. The Morgan fingerprint density at radius 2 is 1.81 bits per heavy atom. The molecule has 1 amide bonds. The fourth-order valence-electron chi connectivity index (χ4n) is 3.51. The van der Waals surface area contributed by atoms with Crippen LogP contribution in [-0.4, -0.2) is 15.9 Å². The van der Waals surface area contributed by atoms with Crippen LogP contribution in [0.3, 0.4) is 0 Å². The van der Waals surface area contributed by atoms with E-state index in [9.17, 15) is 22.4 Å². The van der Waals surface area contributed by atoms with Crippen LogP contribution in [0.1, 0.15) is 34.1 Å². The van der Waals surface area contributed by atoms with Gasteiger partial charge in [-0.15, -0.1) is 0 Å². The zero-order chi connectivity index (χ0) is 25.9. The number of halogens is 4. The lowest BCUT2D eigenvalue weighted by molar-refractivity contribution is -0.139. The Morgan fingerprint density at radius 1 is 1.00 bits per heavy atom. The molecule has 0 fully saturated rings. The number of rotatable bonds is 6. The van der Waals surface area contributed by atoms with Crippen LogP contribution in [0.4, 0.5) is 23.2 Å². The van der Waals surface area contributed by atoms with Crippen LogP contribution in [0, 0.1) is 12.7 Å². The number of carbonyl (C=O) groups excluding carboxylic acids is 1. The van der Waals surface area contributed by atoms with Crippen molar-refractivity contribution in [2.24, 2.45) is 0 Å². The minimum Gasteiger partial charge on any atom is -0.438 e. The third kappa shape index (κ3) is 5.51. The van der Waals surface area contributed by atoms with Crippen LogP contribution in [0.25, 0.3) is 11.1 Å². The van der Waals surface area contributed by atoms with Gasteiger partial charge in [-0.25, -0.2) is 9.37 Å². The zero-order valence-corrected chi connectivity index (χ0v) is 19.4. The molecule has 0 aliphatic rings. The Hall–Kier alpha value is -4.27. The number of alkyl halides is 3. The van der Waals surface area contributed by atoms with Crippen LogP contribution >= 0.6 is 0 Å². The predicted octanol–water partition coefficient (Wildman–Crippen LogP) is 7.22. The first-order valence-corrected chi connectivity index (χ1v) is 11.0. The molecule has 4 rings (SSSR count). The maximum Gasteiger partial charge on any atom is 0.419 e. The van der Waals surface area contributed by atoms with E-state index in [1.54, 1.807) is 31.5 Å². The maximum atomic E-state index is 13.6. The molecule has 2 aromatic heterocycles. The molecular formula is C27H21F4N3O2. The topological polar surface area (TPSA) is 64.1 Å². The van der Waals surface area contributed by atoms with Gasteiger partial charge in [0.1, 0.15) is 11.6 Å². The molecule has 36 heavy (non-hydrogen) atoms. The number of nitrogens with zero attached hydrogens (tertiary/aromatic N) is 2. The van der Waals surface area contributed by atoms with E-state index in [1.807, 2.05) is 25.1 Å². The summed E-state index contributed by atoms with van der Waals surface area (Å²) in [6, 6.07) is 14.3. The highest BCUT2D eigenvalue weighted by atomic mass is 19.4. The Morgan fingerprint density at radius 3 is 2.56 bits per heavy atom. The van der Waals surface area contributed by atoms with Gasteiger partial charge < -0.3 is 10.1 Å². The second-order valence-electron chi connectivity index (χ2n) is 7.97. The Labute approximate surface area is 204 Å². The summed E-state index contributed by atoms with van der Waals surface area (Å²) in [5, 5.41) is 2.37. The van der Waals surface area contributed by atoms with Crippen molar-refractivity contribution in [2.75, 3.05) is 5.32 Å². The van der Waals surface area contributed by atoms with Gasteiger partial charge in [0.05, 0.1) is 5.56 Å². The second kappa shape index (κ2) is 10.2. The third-order valence-electron chi connectivity index (χ3n) is 5.45. The molecule has 0 atom stereocenters. The molecule has 0 aliphatic heterocycles. The van der Waals surface area contributed by atoms with E-state index in [4.69, 9.17) is 4.74 Å². The highest BCUT2D eigenvalue weighted by Gasteiger charge is 2.34. The molecule has 4 aromatic rings. The van der Waals surface area contributed by atoms with Crippen LogP contribution in [-0.2, 0) is 12.6 Å². The van der Waals surface area contributed by atoms with Crippen LogP contribution < -0.4 is 10.1 Å². The summed E-state index contributed by atoms with van der Waals surface area (Å²) < 4.78 is 58.7. The number of pyridine rings is 2. The molecule has 0 spiro atoms. The van der Waals surface area contributed by atoms with Crippen molar-refractivity contribution in [3.8, 4) is 22.8 Å². The summed E-state index contributed by atoms with van der Waals surface area (Å²) in [5.41, 5.74) is 1.72. The zero-order valence-electron chi connectivity index (χ0n) is 19.4. The lowest BCUT2D eigenvalue weighted by Gasteiger charge is -2.14. The highest BCUT2D eigenvalue weighted by Crippen LogP contribution is 2.35. The average Bonchev–Trinajstić information content (AvgIpc) is 2.86. The first kappa shape index (κ1) is 24.8. The van der Waals surface area contributed by atoms with Gasteiger partial charge in [-0.3, -0.25) is 9.78 Å². The van der Waals surface area contributed by atoms with Crippen molar-refractivity contribution in [3.63, 3.8) is 0 Å². The van der Waals surface area contributed by atoms with Crippen LogP contribution in [0.5, 0.6) is 11.6 Å². The Bertz CT molecular complexity index is 1420. The van der Waals surface area contributed by atoms with Gasteiger partial charge in [0, 0.05) is 34.9 Å². The van der Waals surface area contributed by atoms with Crippen molar-refractivity contribution >= 4 is 11.6 Å². The number of nitrogens with one attached hydrogen (secondary N) is 1. The maximum absolute atomic E-state index is 13.6. The minimum absolute atomic E-state index is 0.142. The molecule has 0 aliphatic carbocycles. The van der Waals surface area contributed by atoms with Crippen molar-refractivity contribution < 1.29 is 27.1 Å². The molecular weight excluding hydrogens is 474 g/mol. The lowest BCUT2D eigenvalue weighted by atomic mass is 10.1. The molecule has 2 heterocycles. The number of anilines is 1. The first-order chi connectivity index (χ1) is 17.2. The molecule has 184 valence electrons. The smallest absolute Gasteiger partial charge is 0.419 e. The van der Waals surface area contributed by atoms with Gasteiger partial charge >= 0.3 is 6.18 Å². The second-order valence-corrected chi connectivity index (χ2v) is 7.97. The molecule has 0 saturated carbocycles. The molecule has 0 unspecified atom stereocenters.